The Hall–Kier alpha value is -3.29. The van der Waals surface area contributed by atoms with E-state index in [1.165, 1.54) is 0 Å². The first-order valence-corrected chi connectivity index (χ1v) is 8.73. The van der Waals surface area contributed by atoms with E-state index in [0.29, 0.717) is 39.9 Å². The molecule has 0 unspecified atom stereocenters. The fourth-order valence-electron chi connectivity index (χ4n) is 2.58. The molecule has 3 rings (SSSR count). The standard InChI is InChI=1S/C22H16ClNO3/c1-2-26-22(25)17-7-3-6-16(11-17)21-10-9-20(27-21)13-18(14-24)15-5-4-8-19(23)12-15/h3-13H,2H2,1H3/b18-13-. The van der Waals surface area contributed by atoms with Gasteiger partial charge in [-0.1, -0.05) is 35.9 Å². The molecule has 4 nitrogen and oxygen atoms in total. The van der Waals surface area contributed by atoms with Crippen LogP contribution in [0.2, 0.25) is 5.02 Å². The van der Waals surface area contributed by atoms with Crippen molar-refractivity contribution >= 4 is 29.2 Å². The van der Waals surface area contributed by atoms with Gasteiger partial charge >= 0.3 is 5.97 Å². The highest BCUT2D eigenvalue weighted by Crippen LogP contribution is 2.26. The minimum atomic E-state index is -0.376. The first-order valence-electron chi connectivity index (χ1n) is 8.36. The van der Waals surface area contributed by atoms with Crippen LogP contribution in [0, 0.1) is 11.3 Å². The van der Waals surface area contributed by atoms with Crippen LogP contribution in [0.15, 0.2) is 65.1 Å². The number of nitrogens with zero attached hydrogens (tertiary/aromatic N) is 1. The average molecular weight is 378 g/mol. The Morgan fingerprint density at radius 3 is 2.67 bits per heavy atom. The van der Waals surface area contributed by atoms with Gasteiger partial charge in [-0.3, -0.25) is 0 Å². The first-order chi connectivity index (χ1) is 13.1. The second-order valence-corrected chi connectivity index (χ2v) is 6.12. The van der Waals surface area contributed by atoms with Crippen LogP contribution in [-0.4, -0.2) is 12.6 Å². The smallest absolute Gasteiger partial charge is 0.338 e. The van der Waals surface area contributed by atoms with Gasteiger partial charge in [-0.05, 0) is 55.0 Å². The number of benzene rings is 2. The van der Waals surface area contributed by atoms with E-state index in [0.717, 1.165) is 5.56 Å². The van der Waals surface area contributed by atoms with Crippen LogP contribution in [0.25, 0.3) is 23.0 Å². The lowest BCUT2D eigenvalue weighted by atomic mass is 10.1. The minimum absolute atomic E-state index is 0.319. The molecule has 0 atom stereocenters. The summed E-state index contributed by atoms with van der Waals surface area (Å²) in [6, 6.07) is 19.8. The Labute approximate surface area is 162 Å². The summed E-state index contributed by atoms with van der Waals surface area (Å²) in [5.74, 6) is 0.748. The lowest BCUT2D eigenvalue weighted by molar-refractivity contribution is 0.0526. The largest absolute Gasteiger partial charge is 0.462 e. The Bertz CT molecular complexity index is 1040. The van der Waals surface area contributed by atoms with Gasteiger partial charge in [0.05, 0.1) is 23.8 Å². The molecule has 0 amide bonds. The van der Waals surface area contributed by atoms with Crippen LogP contribution < -0.4 is 0 Å². The molecule has 2 aromatic carbocycles. The van der Waals surface area contributed by atoms with Crippen LogP contribution in [0.3, 0.4) is 0 Å². The van der Waals surface area contributed by atoms with Crippen LogP contribution in [0.5, 0.6) is 0 Å². The van der Waals surface area contributed by atoms with Crippen molar-refractivity contribution in [2.45, 2.75) is 6.92 Å². The van der Waals surface area contributed by atoms with E-state index in [2.05, 4.69) is 6.07 Å². The highest BCUT2D eigenvalue weighted by atomic mass is 35.5. The molecular weight excluding hydrogens is 362 g/mol. The minimum Gasteiger partial charge on any atom is -0.462 e. The monoisotopic (exact) mass is 377 g/mol. The van der Waals surface area contributed by atoms with E-state index in [9.17, 15) is 10.1 Å². The molecule has 1 aromatic heterocycles. The van der Waals surface area contributed by atoms with E-state index in [1.807, 2.05) is 12.1 Å². The number of rotatable bonds is 5. The molecule has 5 heteroatoms. The van der Waals surface area contributed by atoms with Crippen molar-refractivity contribution < 1.29 is 13.9 Å². The molecule has 0 bridgehead atoms. The van der Waals surface area contributed by atoms with E-state index < -0.39 is 0 Å². The topological polar surface area (TPSA) is 63.2 Å². The Morgan fingerprint density at radius 2 is 1.93 bits per heavy atom. The number of carbonyl (C=O) groups is 1. The van der Waals surface area contributed by atoms with Gasteiger partial charge < -0.3 is 9.15 Å². The van der Waals surface area contributed by atoms with E-state index >= 15 is 0 Å². The van der Waals surface area contributed by atoms with Crippen molar-refractivity contribution in [3.8, 4) is 17.4 Å². The summed E-state index contributed by atoms with van der Waals surface area (Å²) in [5.41, 5.74) is 2.37. The average Bonchev–Trinajstić information content (AvgIpc) is 3.15. The van der Waals surface area contributed by atoms with Gasteiger partial charge in [0.1, 0.15) is 11.5 Å². The van der Waals surface area contributed by atoms with Gasteiger partial charge in [0.25, 0.3) is 0 Å². The highest BCUT2D eigenvalue weighted by Gasteiger charge is 2.10. The molecule has 27 heavy (non-hydrogen) atoms. The van der Waals surface area contributed by atoms with Gasteiger partial charge in [-0.15, -0.1) is 0 Å². The second kappa shape index (κ2) is 8.39. The summed E-state index contributed by atoms with van der Waals surface area (Å²) in [6.07, 6.45) is 1.66. The number of esters is 1. The summed E-state index contributed by atoms with van der Waals surface area (Å²) in [5, 5.41) is 10.0. The molecule has 0 aliphatic heterocycles. The van der Waals surface area contributed by atoms with Crippen molar-refractivity contribution in [1.29, 1.82) is 5.26 Å². The third kappa shape index (κ3) is 4.46. The maximum atomic E-state index is 11.9. The van der Waals surface area contributed by atoms with Crippen LogP contribution >= 0.6 is 11.6 Å². The highest BCUT2D eigenvalue weighted by molar-refractivity contribution is 6.30. The van der Waals surface area contributed by atoms with Crippen LogP contribution in [-0.2, 0) is 4.74 Å². The number of allylic oxidation sites excluding steroid dienone is 1. The van der Waals surface area contributed by atoms with Gasteiger partial charge in [-0.2, -0.15) is 5.26 Å². The maximum absolute atomic E-state index is 11.9. The SMILES string of the molecule is CCOC(=O)c1cccc(-c2ccc(/C=C(/C#N)c3cccc(Cl)c3)o2)c1. The molecule has 0 radical (unpaired) electrons. The molecule has 0 saturated carbocycles. The van der Waals surface area contributed by atoms with Gasteiger partial charge in [-0.25, -0.2) is 4.79 Å². The molecular formula is C22H16ClNO3. The lowest BCUT2D eigenvalue weighted by Crippen LogP contribution is -2.04. The molecule has 1 heterocycles. The lowest BCUT2D eigenvalue weighted by Gasteiger charge is -2.03. The molecule has 0 aliphatic carbocycles. The maximum Gasteiger partial charge on any atom is 0.338 e. The quantitative estimate of drug-likeness (QED) is 0.414. The third-order valence-corrected chi connectivity index (χ3v) is 4.06. The number of nitriles is 1. The summed E-state index contributed by atoms with van der Waals surface area (Å²) in [4.78, 5) is 11.9. The molecule has 134 valence electrons. The summed E-state index contributed by atoms with van der Waals surface area (Å²) in [6.45, 7) is 2.08. The predicted molar refractivity (Wildman–Crippen MR) is 105 cm³/mol. The zero-order chi connectivity index (χ0) is 19.2. The summed E-state index contributed by atoms with van der Waals surface area (Å²) >= 11 is 6.00. The van der Waals surface area contributed by atoms with Crippen molar-refractivity contribution in [3.63, 3.8) is 0 Å². The molecule has 0 fully saturated rings. The number of hydrogen-bond donors (Lipinski definition) is 0. The fourth-order valence-corrected chi connectivity index (χ4v) is 2.77. The number of hydrogen-bond acceptors (Lipinski definition) is 4. The van der Waals surface area contributed by atoms with E-state index in [1.54, 1.807) is 61.5 Å². The molecule has 0 spiro atoms. The molecule has 0 aliphatic rings. The van der Waals surface area contributed by atoms with Gasteiger partial charge in [0.2, 0.25) is 0 Å². The second-order valence-electron chi connectivity index (χ2n) is 5.68. The van der Waals surface area contributed by atoms with Crippen LogP contribution in [0.1, 0.15) is 28.6 Å². The third-order valence-electron chi connectivity index (χ3n) is 3.83. The zero-order valence-electron chi connectivity index (χ0n) is 14.6. The molecule has 0 saturated heterocycles. The predicted octanol–water partition coefficient (Wildman–Crippen LogP) is 5.84. The van der Waals surface area contributed by atoms with Gasteiger partial charge in [0.15, 0.2) is 0 Å². The fraction of sp³-hybridized carbons (Fsp3) is 0.0909. The Balaban J connectivity index is 1.90. The number of furan rings is 1. The van der Waals surface area contributed by atoms with Crippen molar-refractivity contribution in [1.82, 2.24) is 0 Å². The summed E-state index contributed by atoms with van der Waals surface area (Å²) in [7, 11) is 0. The number of carbonyl (C=O) groups excluding carboxylic acids is 1. The van der Waals surface area contributed by atoms with Gasteiger partial charge in [0, 0.05) is 10.6 Å². The Morgan fingerprint density at radius 1 is 1.15 bits per heavy atom. The molecule has 3 aromatic rings. The summed E-state index contributed by atoms with van der Waals surface area (Å²) < 4.78 is 10.9. The first kappa shape index (κ1) is 18.5. The van der Waals surface area contributed by atoms with Crippen molar-refractivity contribution in [2.24, 2.45) is 0 Å². The normalized spacial score (nSPS) is 11.1. The Kier molecular flexibility index (Phi) is 5.75. The molecule has 0 N–H and O–H groups in total. The van der Waals surface area contributed by atoms with Crippen molar-refractivity contribution in [2.75, 3.05) is 6.61 Å². The van der Waals surface area contributed by atoms with E-state index in [4.69, 9.17) is 20.8 Å². The van der Waals surface area contributed by atoms with Crippen molar-refractivity contribution in [3.05, 3.63) is 82.6 Å². The number of halogens is 1. The van der Waals surface area contributed by atoms with E-state index in [-0.39, 0.29) is 5.97 Å². The van der Waals surface area contributed by atoms with Crippen LogP contribution in [0.4, 0.5) is 0 Å². The number of ether oxygens (including phenoxy) is 1. The zero-order valence-corrected chi connectivity index (χ0v) is 15.4.